The van der Waals surface area contributed by atoms with E-state index in [0.717, 1.165) is 5.57 Å². The topological polar surface area (TPSA) is 82.1 Å². The Balaban J connectivity index is 2.51. The lowest BCUT2D eigenvalue weighted by Crippen LogP contribution is -2.33. The summed E-state index contributed by atoms with van der Waals surface area (Å²) in [6, 6.07) is 3.21. The van der Waals surface area contributed by atoms with Crippen molar-refractivity contribution in [2.24, 2.45) is 0 Å². The van der Waals surface area contributed by atoms with Gasteiger partial charge in [-0.2, -0.15) is 0 Å². The highest BCUT2D eigenvalue weighted by molar-refractivity contribution is 6.27. The Kier molecular flexibility index (Phi) is 6.80. The maximum absolute atomic E-state index is 13.3. The maximum Gasteiger partial charge on any atom is 0.196 e. The molecule has 0 fully saturated rings. The lowest BCUT2D eigenvalue weighted by Gasteiger charge is -2.27. The van der Waals surface area contributed by atoms with Crippen LogP contribution in [0.4, 0.5) is 0 Å². The van der Waals surface area contributed by atoms with Crippen LogP contribution in [0.15, 0.2) is 35.4 Å². The second-order valence-corrected chi connectivity index (χ2v) is 7.64. The van der Waals surface area contributed by atoms with Crippen molar-refractivity contribution in [3.63, 3.8) is 0 Å². The van der Waals surface area contributed by atoms with E-state index >= 15 is 0 Å². The highest BCUT2D eigenvalue weighted by Gasteiger charge is 2.35. The number of rotatable bonds is 8. The number of allylic oxidation sites excluding steroid dienone is 2. The molecule has 6 heteroatoms. The summed E-state index contributed by atoms with van der Waals surface area (Å²) in [4.78, 5) is 26.2. The Morgan fingerprint density at radius 1 is 1.11 bits per heavy atom. The summed E-state index contributed by atoms with van der Waals surface area (Å²) in [5.41, 5.74) is 0.611. The van der Waals surface area contributed by atoms with Crippen molar-refractivity contribution in [3.8, 4) is 11.5 Å². The number of ketones is 2. The third-order valence-electron chi connectivity index (χ3n) is 4.32. The summed E-state index contributed by atoms with van der Waals surface area (Å²) in [7, 11) is 2.90. The van der Waals surface area contributed by atoms with Gasteiger partial charge >= 0.3 is 0 Å². The predicted molar refractivity (Wildman–Crippen MR) is 106 cm³/mol. The van der Waals surface area contributed by atoms with E-state index in [-0.39, 0.29) is 34.9 Å². The van der Waals surface area contributed by atoms with E-state index in [2.05, 4.69) is 0 Å². The van der Waals surface area contributed by atoms with Gasteiger partial charge in [-0.1, -0.05) is 11.6 Å². The average molecular weight is 388 g/mol. The third-order valence-corrected chi connectivity index (χ3v) is 4.32. The molecule has 1 aromatic rings. The Morgan fingerprint density at radius 2 is 1.68 bits per heavy atom. The Hall–Kier alpha value is -2.44. The van der Waals surface area contributed by atoms with Gasteiger partial charge in [0.15, 0.2) is 11.6 Å². The molecular weight excluding hydrogens is 360 g/mol. The Morgan fingerprint density at radius 3 is 2.18 bits per heavy atom. The molecule has 0 aliphatic heterocycles. The molecule has 152 valence electrons. The summed E-state index contributed by atoms with van der Waals surface area (Å²) >= 11 is 0. The number of benzene rings is 1. The first kappa shape index (κ1) is 21.9. The number of fused-ring (bicyclic) bond motifs is 1. The summed E-state index contributed by atoms with van der Waals surface area (Å²) in [5.74, 6) is -0.0476. The number of Topliss-reactive ketones (excluding diaryl/α,β-unsaturated/α-hetero) is 1. The van der Waals surface area contributed by atoms with Crippen LogP contribution in [-0.2, 0) is 4.74 Å². The first-order chi connectivity index (χ1) is 13.1. The second kappa shape index (κ2) is 8.71. The zero-order valence-electron chi connectivity index (χ0n) is 17.3. The molecule has 0 aromatic heterocycles. The van der Waals surface area contributed by atoms with Gasteiger partial charge in [-0.3, -0.25) is 9.59 Å². The zero-order chi connectivity index (χ0) is 21.1. The normalized spacial score (nSPS) is 14.9. The van der Waals surface area contributed by atoms with Crippen LogP contribution in [-0.4, -0.2) is 49.2 Å². The standard InChI is InChI=1S/C22H28O6/c1-13(2)7-8-16(28-12-22(3,4)25)14-11-15(23)19-17(26-5)9-10-18(27-6)20(19)21(14)24/h7,9-11,16,25H,8,12H2,1-6H3/t16-/m1/s1. The molecule has 1 atom stereocenters. The van der Waals surface area contributed by atoms with Crippen molar-refractivity contribution in [3.05, 3.63) is 46.6 Å². The van der Waals surface area contributed by atoms with Gasteiger partial charge in [0.1, 0.15) is 11.5 Å². The summed E-state index contributed by atoms with van der Waals surface area (Å²) < 4.78 is 16.4. The van der Waals surface area contributed by atoms with Crippen molar-refractivity contribution in [1.29, 1.82) is 0 Å². The van der Waals surface area contributed by atoms with Gasteiger partial charge in [-0.25, -0.2) is 0 Å². The minimum absolute atomic E-state index is 0.0230. The Labute approximate surface area is 165 Å². The monoisotopic (exact) mass is 388 g/mol. The molecule has 1 aliphatic carbocycles. The largest absolute Gasteiger partial charge is 0.496 e. The number of methoxy groups -OCH3 is 2. The van der Waals surface area contributed by atoms with Crippen molar-refractivity contribution in [2.75, 3.05) is 20.8 Å². The highest BCUT2D eigenvalue weighted by atomic mass is 16.5. The summed E-state index contributed by atoms with van der Waals surface area (Å²) in [5, 5.41) is 10.0. The van der Waals surface area contributed by atoms with Crippen molar-refractivity contribution in [2.45, 2.75) is 45.8 Å². The molecule has 28 heavy (non-hydrogen) atoms. The number of ether oxygens (including phenoxy) is 3. The van der Waals surface area contributed by atoms with Gasteiger partial charge < -0.3 is 19.3 Å². The fourth-order valence-electron chi connectivity index (χ4n) is 2.97. The lowest BCUT2D eigenvalue weighted by atomic mass is 9.85. The smallest absolute Gasteiger partial charge is 0.196 e. The van der Waals surface area contributed by atoms with E-state index in [9.17, 15) is 14.7 Å². The Bertz CT molecular complexity index is 822. The molecule has 0 heterocycles. The number of carbonyl (C=O) groups is 2. The third kappa shape index (κ3) is 4.88. The number of hydrogen-bond acceptors (Lipinski definition) is 6. The van der Waals surface area contributed by atoms with Crippen LogP contribution in [0.5, 0.6) is 11.5 Å². The van der Waals surface area contributed by atoms with Crippen molar-refractivity contribution < 1.29 is 28.9 Å². The van der Waals surface area contributed by atoms with Gasteiger partial charge in [0.05, 0.1) is 43.7 Å². The number of aliphatic hydroxyl groups is 1. The van der Waals surface area contributed by atoms with Crippen LogP contribution in [0, 0.1) is 0 Å². The molecule has 1 N–H and O–H groups in total. The van der Waals surface area contributed by atoms with Gasteiger partial charge in [0, 0.05) is 5.57 Å². The molecule has 0 bridgehead atoms. The van der Waals surface area contributed by atoms with E-state index in [0.29, 0.717) is 17.9 Å². The SMILES string of the molecule is COc1ccc(OC)c2c1C(=O)C=C([C@@H](CC=C(C)C)OCC(C)(C)O)C2=O. The minimum atomic E-state index is -1.07. The fourth-order valence-corrected chi connectivity index (χ4v) is 2.97. The molecule has 0 spiro atoms. The minimum Gasteiger partial charge on any atom is -0.496 e. The molecule has 2 rings (SSSR count). The predicted octanol–water partition coefficient (Wildman–Crippen LogP) is 3.52. The lowest BCUT2D eigenvalue weighted by molar-refractivity contribution is -0.0414. The average Bonchev–Trinajstić information content (AvgIpc) is 2.62. The van der Waals surface area contributed by atoms with Crippen molar-refractivity contribution in [1.82, 2.24) is 0 Å². The molecular formula is C22H28O6. The van der Waals surface area contributed by atoms with E-state index in [1.807, 2.05) is 19.9 Å². The molecule has 0 amide bonds. The number of carbonyl (C=O) groups excluding carboxylic acids is 2. The second-order valence-electron chi connectivity index (χ2n) is 7.64. The molecule has 6 nitrogen and oxygen atoms in total. The quantitative estimate of drug-likeness (QED) is 0.686. The highest BCUT2D eigenvalue weighted by Crippen LogP contribution is 2.37. The van der Waals surface area contributed by atoms with E-state index in [1.54, 1.807) is 26.0 Å². The van der Waals surface area contributed by atoms with Crippen LogP contribution in [0.1, 0.15) is 54.8 Å². The van der Waals surface area contributed by atoms with Gasteiger partial charge in [0.25, 0.3) is 0 Å². The zero-order valence-corrected chi connectivity index (χ0v) is 17.3. The van der Waals surface area contributed by atoms with E-state index in [4.69, 9.17) is 14.2 Å². The maximum atomic E-state index is 13.3. The number of hydrogen-bond donors (Lipinski definition) is 1. The molecule has 1 aromatic carbocycles. The summed E-state index contributed by atoms with van der Waals surface area (Å²) in [6.07, 6.45) is 2.99. The van der Waals surface area contributed by atoms with Crippen LogP contribution < -0.4 is 9.47 Å². The molecule has 1 aliphatic rings. The van der Waals surface area contributed by atoms with Crippen LogP contribution in [0.2, 0.25) is 0 Å². The first-order valence-electron chi connectivity index (χ1n) is 9.12. The fraction of sp³-hybridized carbons (Fsp3) is 0.455. The molecule has 0 unspecified atom stereocenters. The van der Waals surface area contributed by atoms with Crippen LogP contribution >= 0.6 is 0 Å². The molecule has 0 radical (unpaired) electrons. The van der Waals surface area contributed by atoms with Gasteiger partial charge in [-0.15, -0.1) is 0 Å². The van der Waals surface area contributed by atoms with Gasteiger partial charge in [0.2, 0.25) is 0 Å². The van der Waals surface area contributed by atoms with E-state index < -0.39 is 11.7 Å². The molecule has 0 saturated carbocycles. The van der Waals surface area contributed by atoms with Gasteiger partial charge in [-0.05, 0) is 52.3 Å². The van der Waals surface area contributed by atoms with Crippen LogP contribution in [0.3, 0.4) is 0 Å². The van der Waals surface area contributed by atoms with Crippen LogP contribution in [0.25, 0.3) is 0 Å². The van der Waals surface area contributed by atoms with Crippen molar-refractivity contribution >= 4 is 11.6 Å². The first-order valence-corrected chi connectivity index (χ1v) is 9.12. The summed E-state index contributed by atoms with van der Waals surface area (Å²) in [6.45, 7) is 7.15. The molecule has 0 saturated heterocycles. The van der Waals surface area contributed by atoms with E-state index in [1.165, 1.54) is 20.3 Å².